The number of nitrogens with zero attached hydrogens (tertiary/aromatic N) is 6. The number of benzene rings is 2. The lowest BCUT2D eigenvalue weighted by atomic mass is 10.1. The van der Waals surface area contributed by atoms with Crippen molar-refractivity contribution < 1.29 is 9.59 Å². The summed E-state index contributed by atoms with van der Waals surface area (Å²) in [6.07, 6.45) is 9.25. The minimum Gasteiger partial charge on any atom is -0.311 e. The van der Waals surface area contributed by atoms with Crippen molar-refractivity contribution in [1.29, 1.82) is 0 Å². The van der Waals surface area contributed by atoms with Gasteiger partial charge in [0, 0.05) is 67.0 Å². The average molecular weight is 554 g/mol. The highest BCUT2D eigenvalue weighted by Crippen LogP contribution is 2.27. The fraction of sp³-hybridized carbons (Fsp3) is 0.0909. The number of imidazole rings is 1. The minimum absolute atomic E-state index is 0.123. The molecule has 1 N–H and O–H groups in total. The molecule has 0 atom stereocenters. The Morgan fingerprint density at radius 1 is 0.833 bits per heavy atom. The highest BCUT2D eigenvalue weighted by Gasteiger charge is 2.19. The summed E-state index contributed by atoms with van der Waals surface area (Å²) in [6, 6.07) is 25.8. The predicted molar refractivity (Wildman–Crippen MR) is 162 cm³/mol. The first-order valence-electron chi connectivity index (χ1n) is 13.5. The molecule has 0 radical (unpaired) electrons. The number of carbonyl (C=O) groups excluding carboxylic acids is 2. The fourth-order valence-electron chi connectivity index (χ4n) is 4.75. The Balaban J connectivity index is 1.32. The summed E-state index contributed by atoms with van der Waals surface area (Å²) in [4.78, 5) is 45.6. The molecule has 0 bridgehead atoms. The van der Waals surface area contributed by atoms with Gasteiger partial charge in [-0.15, -0.1) is 0 Å². The Bertz CT molecular complexity index is 1860. The van der Waals surface area contributed by atoms with E-state index in [1.165, 1.54) is 0 Å². The molecule has 6 aromatic rings. The smallest absolute Gasteiger partial charge is 0.258 e. The van der Waals surface area contributed by atoms with Crippen molar-refractivity contribution in [2.24, 2.45) is 0 Å². The largest absolute Gasteiger partial charge is 0.311 e. The van der Waals surface area contributed by atoms with Crippen molar-refractivity contribution in [2.45, 2.75) is 13.0 Å². The summed E-state index contributed by atoms with van der Waals surface area (Å²) in [7, 11) is 1.74. The van der Waals surface area contributed by atoms with E-state index in [0.717, 1.165) is 16.6 Å². The van der Waals surface area contributed by atoms with Crippen LogP contribution in [0.3, 0.4) is 0 Å². The Kier molecular flexibility index (Phi) is 7.46. The number of hydrogen-bond acceptors (Lipinski definition) is 6. The van der Waals surface area contributed by atoms with Crippen molar-refractivity contribution in [3.8, 4) is 11.3 Å². The van der Waals surface area contributed by atoms with Gasteiger partial charge < -0.3 is 9.47 Å². The highest BCUT2D eigenvalue weighted by molar-refractivity contribution is 6.07. The van der Waals surface area contributed by atoms with Crippen LogP contribution in [0.5, 0.6) is 0 Å². The third-order valence-corrected chi connectivity index (χ3v) is 7.01. The van der Waals surface area contributed by atoms with Gasteiger partial charge in [-0.05, 0) is 72.6 Å². The molecule has 0 aliphatic carbocycles. The van der Waals surface area contributed by atoms with Crippen molar-refractivity contribution in [3.63, 3.8) is 0 Å². The zero-order chi connectivity index (χ0) is 28.9. The molecule has 0 saturated heterocycles. The summed E-state index contributed by atoms with van der Waals surface area (Å²) in [5.41, 5.74) is 5.85. The number of aromatic nitrogens is 5. The van der Waals surface area contributed by atoms with E-state index in [1.807, 2.05) is 71.4 Å². The van der Waals surface area contributed by atoms with E-state index in [9.17, 15) is 9.59 Å². The minimum atomic E-state index is -0.303. The molecular weight excluding hydrogens is 526 g/mol. The van der Waals surface area contributed by atoms with Gasteiger partial charge in [0.25, 0.3) is 11.8 Å². The highest BCUT2D eigenvalue weighted by atomic mass is 16.2. The van der Waals surface area contributed by atoms with Gasteiger partial charge in [0.1, 0.15) is 0 Å². The summed E-state index contributed by atoms with van der Waals surface area (Å²) < 4.78 is 1.98. The van der Waals surface area contributed by atoms with Crippen molar-refractivity contribution in [3.05, 3.63) is 133 Å². The van der Waals surface area contributed by atoms with Crippen LogP contribution in [0.4, 0.5) is 11.6 Å². The fourth-order valence-corrected chi connectivity index (χ4v) is 4.75. The third kappa shape index (κ3) is 5.62. The third-order valence-electron chi connectivity index (χ3n) is 7.01. The zero-order valence-electron chi connectivity index (χ0n) is 22.9. The molecule has 0 spiro atoms. The number of carbonyl (C=O) groups is 2. The van der Waals surface area contributed by atoms with Crippen LogP contribution < -0.4 is 10.2 Å². The van der Waals surface area contributed by atoms with Crippen molar-refractivity contribution in [1.82, 2.24) is 24.5 Å². The van der Waals surface area contributed by atoms with E-state index in [4.69, 9.17) is 4.98 Å². The first-order valence-corrected chi connectivity index (χ1v) is 13.5. The van der Waals surface area contributed by atoms with Crippen LogP contribution in [0.1, 0.15) is 26.3 Å². The SMILES string of the molecule is CN(C(=O)c1ccccc1)c1ccc2c(c1)nc(NC(=O)c1ccnc(-c3ccncc3)c1)n2CCc1cccnc1. The van der Waals surface area contributed by atoms with Crippen LogP contribution in [0, 0.1) is 0 Å². The molecule has 6 rings (SSSR count). The standard InChI is InChI=1S/C33H27N7O2/c1-39(32(42)25-7-3-2-4-8-25)27-9-10-30-29(21-27)37-33(40(30)19-14-23-6-5-15-35-22-23)38-31(41)26-13-18-36-28(20-26)24-11-16-34-17-12-24/h2-13,15-18,20-22H,14,19H2,1H3,(H,37,38,41). The second kappa shape index (κ2) is 11.8. The number of aryl methyl sites for hydroxylation is 2. The Hall–Kier alpha value is -5.70. The quantitative estimate of drug-likeness (QED) is 0.261. The molecule has 206 valence electrons. The predicted octanol–water partition coefficient (Wildman–Crippen LogP) is 5.66. The maximum atomic E-state index is 13.5. The summed E-state index contributed by atoms with van der Waals surface area (Å²) in [5, 5.41) is 3.01. The van der Waals surface area contributed by atoms with Gasteiger partial charge in [0.2, 0.25) is 5.95 Å². The molecule has 0 saturated carbocycles. The molecule has 9 nitrogen and oxygen atoms in total. The molecule has 42 heavy (non-hydrogen) atoms. The van der Waals surface area contributed by atoms with Gasteiger partial charge in [0.05, 0.1) is 16.7 Å². The lowest BCUT2D eigenvalue weighted by Crippen LogP contribution is -2.26. The van der Waals surface area contributed by atoms with E-state index in [0.29, 0.717) is 46.9 Å². The summed E-state index contributed by atoms with van der Waals surface area (Å²) in [6.45, 7) is 0.564. The molecule has 0 aliphatic rings. The zero-order valence-corrected chi connectivity index (χ0v) is 22.9. The Labute approximate surface area is 242 Å². The second-order valence-electron chi connectivity index (χ2n) is 9.72. The monoisotopic (exact) mass is 553 g/mol. The number of fused-ring (bicyclic) bond motifs is 1. The lowest BCUT2D eigenvalue weighted by Gasteiger charge is -2.17. The molecule has 2 amide bonds. The van der Waals surface area contributed by atoms with E-state index in [-0.39, 0.29) is 11.8 Å². The van der Waals surface area contributed by atoms with Crippen LogP contribution in [0.2, 0.25) is 0 Å². The van der Waals surface area contributed by atoms with Crippen LogP contribution in [-0.4, -0.2) is 43.4 Å². The van der Waals surface area contributed by atoms with E-state index >= 15 is 0 Å². The maximum Gasteiger partial charge on any atom is 0.258 e. The van der Waals surface area contributed by atoms with Crippen LogP contribution in [0.15, 0.2) is 116 Å². The van der Waals surface area contributed by atoms with Crippen LogP contribution in [0.25, 0.3) is 22.3 Å². The van der Waals surface area contributed by atoms with Gasteiger partial charge in [-0.2, -0.15) is 0 Å². The van der Waals surface area contributed by atoms with Crippen molar-refractivity contribution >= 4 is 34.5 Å². The van der Waals surface area contributed by atoms with Gasteiger partial charge in [-0.25, -0.2) is 4.98 Å². The number of nitrogens with one attached hydrogen (secondary N) is 1. The average Bonchev–Trinajstić information content (AvgIpc) is 3.40. The second-order valence-corrected chi connectivity index (χ2v) is 9.72. The first-order chi connectivity index (χ1) is 20.6. The number of amides is 2. The molecule has 0 fully saturated rings. The Morgan fingerprint density at radius 2 is 1.67 bits per heavy atom. The number of anilines is 2. The van der Waals surface area contributed by atoms with Crippen molar-refractivity contribution in [2.75, 3.05) is 17.3 Å². The van der Waals surface area contributed by atoms with Crippen LogP contribution >= 0.6 is 0 Å². The van der Waals surface area contributed by atoms with Gasteiger partial charge in [-0.1, -0.05) is 24.3 Å². The maximum absolute atomic E-state index is 13.5. The molecule has 2 aromatic carbocycles. The normalized spacial score (nSPS) is 10.9. The molecular formula is C33H27N7O2. The molecule has 9 heteroatoms. The molecule has 0 unspecified atom stereocenters. The van der Waals surface area contributed by atoms with Gasteiger partial charge in [-0.3, -0.25) is 29.9 Å². The number of hydrogen-bond donors (Lipinski definition) is 1. The first kappa shape index (κ1) is 26.5. The molecule has 4 aromatic heterocycles. The van der Waals surface area contributed by atoms with Crippen LogP contribution in [-0.2, 0) is 13.0 Å². The van der Waals surface area contributed by atoms with E-state index < -0.39 is 0 Å². The van der Waals surface area contributed by atoms with E-state index in [1.54, 1.807) is 61.0 Å². The summed E-state index contributed by atoms with van der Waals surface area (Å²) >= 11 is 0. The topological polar surface area (TPSA) is 106 Å². The Morgan fingerprint density at radius 3 is 2.45 bits per heavy atom. The lowest BCUT2D eigenvalue weighted by molar-refractivity contribution is 0.0991. The van der Waals surface area contributed by atoms with Gasteiger partial charge in [0.15, 0.2) is 0 Å². The molecule has 0 aliphatic heterocycles. The molecule has 4 heterocycles. The van der Waals surface area contributed by atoms with E-state index in [2.05, 4.69) is 20.3 Å². The van der Waals surface area contributed by atoms with Gasteiger partial charge >= 0.3 is 0 Å². The number of pyridine rings is 3. The number of rotatable bonds is 8. The summed E-state index contributed by atoms with van der Waals surface area (Å²) in [5.74, 6) is -0.0141.